The average molecular weight is 321 g/mol. The molecule has 0 aliphatic heterocycles. The molecule has 1 N–H and O–H groups in total. The van der Waals surface area contributed by atoms with Crippen LogP contribution >= 0.6 is 0 Å². The maximum Gasteiger partial charge on any atom is 0.256 e. The molecule has 0 aliphatic carbocycles. The Kier molecular flexibility index (Phi) is 7.07. The van der Waals surface area contributed by atoms with E-state index < -0.39 is 5.60 Å². The minimum atomic E-state index is -0.795. The van der Waals surface area contributed by atoms with E-state index in [1.807, 2.05) is 25.1 Å². The van der Waals surface area contributed by atoms with Crippen LogP contribution in [-0.4, -0.2) is 25.7 Å². The quantitative estimate of drug-likeness (QED) is 0.771. The molecule has 1 rings (SSSR count). The van der Waals surface area contributed by atoms with Crippen molar-refractivity contribution in [2.45, 2.75) is 53.1 Å². The molecule has 1 aromatic rings. The van der Waals surface area contributed by atoms with Gasteiger partial charge in [-0.15, -0.1) is 0 Å². The second kappa shape index (κ2) is 8.34. The third-order valence-electron chi connectivity index (χ3n) is 3.93. The molecule has 0 radical (unpaired) electrons. The standard InChI is InChI=1S/C19H31NO3/c1-13(2)11-19(23-7,12-14(3)4)18(21)20-16-8-9-17(22-6)15(5)10-16/h8-10,13-14H,11-12H2,1-7H3,(H,20,21). The lowest BCUT2D eigenvalue weighted by Crippen LogP contribution is -2.46. The van der Waals surface area contributed by atoms with Gasteiger partial charge in [0.15, 0.2) is 0 Å². The van der Waals surface area contributed by atoms with Crippen molar-refractivity contribution in [3.05, 3.63) is 23.8 Å². The number of carbonyl (C=O) groups is 1. The van der Waals surface area contributed by atoms with Crippen LogP contribution in [0.2, 0.25) is 0 Å². The maximum atomic E-state index is 12.9. The molecule has 0 saturated heterocycles. The van der Waals surface area contributed by atoms with Crippen LogP contribution in [0, 0.1) is 18.8 Å². The van der Waals surface area contributed by atoms with Crippen LogP contribution in [0.3, 0.4) is 0 Å². The van der Waals surface area contributed by atoms with Gasteiger partial charge in [0.05, 0.1) is 7.11 Å². The summed E-state index contributed by atoms with van der Waals surface area (Å²) < 4.78 is 11.0. The zero-order valence-corrected chi connectivity index (χ0v) is 15.5. The Morgan fingerprint density at radius 2 is 1.70 bits per heavy atom. The van der Waals surface area contributed by atoms with Crippen molar-refractivity contribution >= 4 is 11.6 Å². The van der Waals surface area contributed by atoms with Crippen LogP contribution in [-0.2, 0) is 9.53 Å². The normalized spacial score (nSPS) is 11.9. The predicted molar refractivity (Wildman–Crippen MR) is 95.0 cm³/mol. The van der Waals surface area contributed by atoms with Crippen molar-refractivity contribution in [1.82, 2.24) is 0 Å². The molecule has 0 heterocycles. The van der Waals surface area contributed by atoms with Gasteiger partial charge < -0.3 is 14.8 Å². The van der Waals surface area contributed by atoms with Gasteiger partial charge in [0.25, 0.3) is 5.91 Å². The molecular formula is C19H31NO3. The fraction of sp³-hybridized carbons (Fsp3) is 0.632. The SMILES string of the molecule is COc1ccc(NC(=O)C(CC(C)C)(CC(C)C)OC)cc1C. The first-order chi connectivity index (χ1) is 10.7. The molecule has 0 bridgehead atoms. The summed E-state index contributed by atoms with van der Waals surface area (Å²) in [5.74, 6) is 1.48. The van der Waals surface area contributed by atoms with E-state index in [4.69, 9.17) is 9.47 Å². The van der Waals surface area contributed by atoms with Crippen molar-refractivity contribution < 1.29 is 14.3 Å². The molecule has 4 nitrogen and oxygen atoms in total. The van der Waals surface area contributed by atoms with Crippen molar-refractivity contribution in [2.24, 2.45) is 11.8 Å². The Hall–Kier alpha value is -1.55. The third kappa shape index (κ3) is 5.24. The van der Waals surface area contributed by atoms with E-state index in [1.165, 1.54) is 0 Å². The lowest BCUT2D eigenvalue weighted by atomic mass is 9.84. The number of hydrogen-bond donors (Lipinski definition) is 1. The lowest BCUT2D eigenvalue weighted by molar-refractivity contribution is -0.142. The first-order valence-corrected chi connectivity index (χ1v) is 8.25. The summed E-state index contributed by atoms with van der Waals surface area (Å²) in [5, 5.41) is 3.02. The summed E-state index contributed by atoms with van der Waals surface area (Å²) in [6.45, 7) is 10.4. The Morgan fingerprint density at radius 3 is 2.09 bits per heavy atom. The molecule has 1 amide bonds. The minimum absolute atomic E-state index is 0.0769. The van der Waals surface area contributed by atoms with Gasteiger partial charge in [-0.2, -0.15) is 0 Å². The molecule has 0 atom stereocenters. The molecular weight excluding hydrogens is 290 g/mol. The summed E-state index contributed by atoms with van der Waals surface area (Å²) >= 11 is 0. The number of benzene rings is 1. The summed E-state index contributed by atoms with van der Waals surface area (Å²) in [4.78, 5) is 12.9. The van der Waals surface area contributed by atoms with Gasteiger partial charge >= 0.3 is 0 Å². The number of hydrogen-bond acceptors (Lipinski definition) is 3. The highest BCUT2D eigenvalue weighted by molar-refractivity contribution is 5.97. The number of anilines is 1. The van der Waals surface area contributed by atoms with Crippen LogP contribution in [0.4, 0.5) is 5.69 Å². The van der Waals surface area contributed by atoms with Gasteiger partial charge in [-0.25, -0.2) is 0 Å². The fourth-order valence-electron chi connectivity index (χ4n) is 3.05. The number of rotatable bonds is 8. The molecule has 0 saturated carbocycles. The second-order valence-electron chi connectivity index (χ2n) is 7.03. The van der Waals surface area contributed by atoms with E-state index in [0.717, 1.165) is 17.0 Å². The molecule has 0 fully saturated rings. The van der Waals surface area contributed by atoms with Gasteiger partial charge in [-0.3, -0.25) is 4.79 Å². The van der Waals surface area contributed by atoms with Crippen LogP contribution in [0.5, 0.6) is 5.75 Å². The largest absolute Gasteiger partial charge is 0.496 e. The van der Waals surface area contributed by atoms with Gasteiger partial charge in [0.2, 0.25) is 0 Å². The molecule has 0 aliphatic rings. The van der Waals surface area contributed by atoms with Crippen molar-refractivity contribution in [1.29, 1.82) is 0 Å². The number of carbonyl (C=O) groups excluding carboxylic acids is 1. The van der Waals surface area contributed by atoms with E-state index in [-0.39, 0.29) is 5.91 Å². The predicted octanol–water partition coefficient (Wildman–Crippen LogP) is 4.42. The molecule has 0 unspecified atom stereocenters. The van der Waals surface area contributed by atoms with E-state index in [0.29, 0.717) is 24.7 Å². The van der Waals surface area contributed by atoms with Crippen LogP contribution in [0.15, 0.2) is 18.2 Å². The molecule has 23 heavy (non-hydrogen) atoms. The van der Waals surface area contributed by atoms with Crippen LogP contribution in [0.1, 0.15) is 46.1 Å². The summed E-state index contributed by atoms with van der Waals surface area (Å²) in [7, 11) is 3.27. The van der Waals surface area contributed by atoms with Gasteiger partial charge in [-0.1, -0.05) is 27.7 Å². The molecule has 130 valence electrons. The zero-order valence-electron chi connectivity index (χ0n) is 15.5. The molecule has 4 heteroatoms. The monoisotopic (exact) mass is 321 g/mol. The highest BCUT2D eigenvalue weighted by Gasteiger charge is 2.39. The highest BCUT2D eigenvalue weighted by atomic mass is 16.5. The molecule has 0 spiro atoms. The number of nitrogens with one attached hydrogen (secondary N) is 1. The Balaban J connectivity index is 3.02. The van der Waals surface area contributed by atoms with Crippen molar-refractivity contribution in [2.75, 3.05) is 19.5 Å². The van der Waals surface area contributed by atoms with Gasteiger partial charge in [-0.05, 0) is 55.4 Å². The first kappa shape index (κ1) is 19.5. The smallest absolute Gasteiger partial charge is 0.256 e. The first-order valence-electron chi connectivity index (χ1n) is 8.25. The fourth-order valence-corrected chi connectivity index (χ4v) is 3.05. The van der Waals surface area contributed by atoms with E-state index in [1.54, 1.807) is 14.2 Å². The summed E-state index contributed by atoms with van der Waals surface area (Å²) in [6.07, 6.45) is 1.39. The minimum Gasteiger partial charge on any atom is -0.496 e. The maximum absolute atomic E-state index is 12.9. The second-order valence-corrected chi connectivity index (χ2v) is 7.03. The highest BCUT2D eigenvalue weighted by Crippen LogP contribution is 2.30. The topological polar surface area (TPSA) is 47.6 Å². The summed E-state index contributed by atoms with van der Waals surface area (Å²) in [5.41, 5.74) is 0.958. The van der Waals surface area contributed by atoms with Crippen molar-refractivity contribution in [3.63, 3.8) is 0 Å². The van der Waals surface area contributed by atoms with Gasteiger partial charge in [0, 0.05) is 12.8 Å². The van der Waals surface area contributed by atoms with E-state index >= 15 is 0 Å². The lowest BCUT2D eigenvalue weighted by Gasteiger charge is -2.34. The average Bonchev–Trinajstić information content (AvgIpc) is 2.45. The number of amides is 1. The van der Waals surface area contributed by atoms with Gasteiger partial charge in [0.1, 0.15) is 11.4 Å². The Bertz CT molecular complexity index is 513. The Labute approximate surface area is 140 Å². The van der Waals surface area contributed by atoms with Crippen molar-refractivity contribution in [3.8, 4) is 5.75 Å². The number of aryl methyl sites for hydroxylation is 1. The van der Waals surface area contributed by atoms with Crippen LogP contribution in [0.25, 0.3) is 0 Å². The number of methoxy groups -OCH3 is 2. The Morgan fingerprint density at radius 1 is 1.13 bits per heavy atom. The zero-order chi connectivity index (χ0) is 17.6. The van der Waals surface area contributed by atoms with Crippen LogP contribution < -0.4 is 10.1 Å². The number of ether oxygens (including phenoxy) is 2. The molecule has 0 aromatic heterocycles. The van der Waals surface area contributed by atoms with E-state index in [9.17, 15) is 4.79 Å². The van der Waals surface area contributed by atoms with E-state index in [2.05, 4.69) is 33.0 Å². The summed E-state index contributed by atoms with van der Waals surface area (Å²) in [6, 6.07) is 5.64. The molecule has 1 aromatic carbocycles. The third-order valence-corrected chi connectivity index (χ3v) is 3.93.